The summed E-state index contributed by atoms with van der Waals surface area (Å²) in [5, 5.41) is 2.76. The van der Waals surface area contributed by atoms with E-state index in [2.05, 4.69) is 48.4 Å². The SMILES string of the molecule is C=C1CCc2c1ccc1c2c2ccc(OC)cc2n1CCC. The summed E-state index contributed by atoms with van der Waals surface area (Å²) in [6.07, 6.45) is 3.33. The van der Waals surface area contributed by atoms with Gasteiger partial charge in [0.2, 0.25) is 0 Å². The minimum absolute atomic E-state index is 0.925. The van der Waals surface area contributed by atoms with Gasteiger partial charge in [-0.25, -0.2) is 0 Å². The Balaban J connectivity index is 2.15. The zero-order valence-corrected chi connectivity index (χ0v) is 13.3. The Morgan fingerprint density at radius 1 is 1.14 bits per heavy atom. The van der Waals surface area contributed by atoms with Crippen LogP contribution in [0, 0.1) is 0 Å². The quantitative estimate of drug-likeness (QED) is 0.649. The van der Waals surface area contributed by atoms with E-state index in [0.717, 1.165) is 31.6 Å². The average Bonchev–Trinajstić information content (AvgIpc) is 3.06. The summed E-state index contributed by atoms with van der Waals surface area (Å²) in [5.41, 5.74) is 6.74. The summed E-state index contributed by atoms with van der Waals surface area (Å²) in [7, 11) is 1.73. The molecule has 3 aromatic rings. The molecule has 0 saturated carbocycles. The van der Waals surface area contributed by atoms with Gasteiger partial charge in [-0.05, 0) is 54.2 Å². The highest BCUT2D eigenvalue weighted by molar-refractivity contribution is 6.11. The van der Waals surface area contributed by atoms with Gasteiger partial charge >= 0.3 is 0 Å². The second-order valence-corrected chi connectivity index (χ2v) is 6.12. The molecule has 1 heterocycles. The second kappa shape index (κ2) is 4.91. The van der Waals surface area contributed by atoms with Crippen LogP contribution in [0.4, 0.5) is 0 Å². The Morgan fingerprint density at radius 2 is 2.00 bits per heavy atom. The number of hydrogen-bond acceptors (Lipinski definition) is 1. The van der Waals surface area contributed by atoms with E-state index in [1.165, 1.54) is 38.5 Å². The highest BCUT2D eigenvalue weighted by atomic mass is 16.5. The smallest absolute Gasteiger partial charge is 0.120 e. The molecule has 0 aliphatic heterocycles. The first-order chi connectivity index (χ1) is 10.7. The topological polar surface area (TPSA) is 14.2 Å². The van der Waals surface area contributed by atoms with Gasteiger partial charge in [-0.1, -0.05) is 19.6 Å². The predicted octanol–water partition coefficient (Wildman–Crippen LogP) is 5.17. The Kier molecular flexibility index (Phi) is 3.00. The van der Waals surface area contributed by atoms with E-state index >= 15 is 0 Å². The molecule has 0 spiro atoms. The van der Waals surface area contributed by atoms with E-state index < -0.39 is 0 Å². The summed E-state index contributed by atoms with van der Waals surface area (Å²) < 4.78 is 7.87. The number of methoxy groups -OCH3 is 1. The highest BCUT2D eigenvalue weighted by Gasteiger charge is 2.21. The number of aryl methyl sites for hydroxylation is 2. The molecular formula is C20H21NO. The zero-order valence-electron chi connectivity index (χ0n) is 13.3. The molecule has 0 radical (unpaired) electrons. The maximum absolute atomic E-state index is 5.43. The van der Waals surface area contributed by atoms with Crippen molar-refractivity contribution in [3.8, 4) is 5.75 Å². The summed E-state index contributed by atoms with van der Waals surface area (Å²) in [5.74, 6) is 0.925. The first-order valence-corrected chi connectivity index (χ1v) is 8.04. The summed E-state index contributed by atoms with van der Waals surface area (Å²) >= 11 is 0. The van der Waals surface area contributed by atoms with Crippen LogP contribution < -0.4 is 4.74 Å². The van der Waals surface area contributed by atoms with Gasteiger partial charge in [-0.3, -0.25) is 0 Å². The van der Waals surface area contributed by atoms with Gasteiger partial charge in [-0.15, -0.1) is 0 Å². The Bertz CT molecular complexity index is 901. The Morgan fingerprint density at radius 3 is 2.77 bits per heavy atom. The highest BCUT2D eigenvalue weighted by Crippen LogP contribution is 2.41. The molecule has 2 heteroatoms. The summed E-state index contributed by atoms with van der Waals surface area (Å²) in [6, 6.07) is 11.0. The number of fused-ring (bicyclic) bond motifs is 5. The van der Waals surface area contributed by atoms with Gasteiger partial charge in [0, 0.05) is 28.9 Å². The van der Waals surface area contributed by atoms with Gasteiger partial charge in [0.1, 0.15) is 5.75 Å². The van der Waals surface area contributed by atoms with Gasteiger partial charge in [0.25, 0.3) is 0 Å². The molecule has 1 aliphatic rings. The number of ether oxygens (including phenoxy) is 1. The molecule has 1 aliphatic carbocycles. The van der Waals surface area contributed by atoms with E-state index in [1.54, 1.807) is 7.11 Å². The molecule has 1 aromatic heterocycles. The number of allylic oxidation sites excluding steroid dienone is 1. The van der Waals surface area contributed by atoms with Crippen molar-refractivity contribution in [1.82, 2.24) is 4.57 Å². The lowest BCUT2D eigenvalue weighted by Gasteiger charge is -2.07. The van der Waals surface area contributed by atoms with E-state index in [9.17, 15) is 0 Å². The number of benzene rings is 2. The fourth-order valence-electron chi connectivity index (χ4n) is 3.83. The lowest BCUT2D eigenvalue weighted by atomic mass is 10.0. The molecule has 0 amide bonds. The largest absolute Gasteiger partial charge is 0.497 e. The molecule has 0 unspecified atom stereocenters. The van der Waals surface area contributed by atoms with Crippen molar-refractivity contribution in [2.75, 3.05) is 7.11 Å². The number of nitrogens with zero attached hydrogens (tertiary/aromatic N) is 1. The maximum Gasteiger partial charge on any atom is 0.120 e. The van der Waals surface area contributed by atoms with Crippen LogP contribution in [-0.4, -0.2) is 11.7 Å². The van der Waals surface area contributed by atoms with Gasteiger partial charge in [0.05, 0.1) is 12.6 Å². The minimum atomic E-state index is 0.925. The lowest BCUT2D eigenvalue weighted by molar-refractivity contribution is 0.415. The average molecular weight is 291 g/mol. The molecule has 0 N–H and O–H groups in total. The lowest BCUT2D eigenvalue weighted by Crippen LogP contribution is -1.96. The normalized spacial score (nSPS) is 14.0. The maximum atomic E-state index is 5.43. The Labute approximate surface area is 131 Å². The molecule has 22 heavy (non-hydrogen) atoms. The van der Waals surface area contributed by atoms with Crippen LogP contribution in [0.15, 0.2) is 36.9 Å². The third-order valence-electron chi connectivity index (χ3n) is 4.85. The minimum Gasteiger partial charge on any atom is -0.497 e. The molecule has 0 saturated heterocycles. The van der Waals surface area contributed by atoms with Crippen LogP contribution in [0.1, 0.15) is 30.9 Å². The third kappa shape index (κ3) is 1.73. The van der Waals surface area contributed by atoms with E-state index in [-0.39, 0.29) is 0 Å². The van der Waals surface area contributed by atoms with E-state index in [4.69, 9.17) is 4.74 Å². The summed E-state index contributed by atoms with van der Waals surface area (Å²) in [4.78, 5) is 0. The number of rotatable bonds is 3. The van der Waals surface area contributed by atoms with Crippen molar-refractivity contribution in [3.63, 3.8) is 0 Å². The molecule has 112 valence electrons. The third-order valence-corrected chi connectivity index (χ3v) is 4.85. The van der Waals surface area contributed by atoms with Crippen molar-refractivity contribution < 1.29 is 4.74 Å². The van der Waals surface area contributed by atoms with Crippen molar-refractivity contribution in [1.29, 1.82) is 0 Å². The van der Waals surface area contributed by atoms with Crippen LogP contribution in [0.25, 0.3) is 27.4 Å². The molecule has 2 aromatic carbocycles. The van der Waals surface area contributed by atoms with E-state index in [0.29, 0.717) is 0 Å². The van der Waals surface area contributed by atoms with Gasteiger partial charge < -0.3 is 9.30 Å². The molecular weight excluding hydrogens is 270 g/mol. The first kappa shape index (κ1) is 13.4. The standard InChI is InChI=1S/C20H21NO/c1-4-11-21-18-10-9-15-13(2)5-7-16(15)20(18)17-8-6-14(22-3)12-19(17)21/h6,8-10,12H,2,4-5,7,11H2,1,3H3. The number of aromatic nitrogens is 1. The summed E-state index contributed by atoms with van der Waals surface area (Å²) in [6.45, 7) is 7.49. The van der Waals surface area contributed by atoms with E-state index in [1.807, 2.05) is 0 Å². The van der Waals surface area contributed by atoms with Gasteiger partial charge in [0.15, 0.2) is 0 Å². The monoisotopic (exact) mass is 291 g/mol. The number of hydrogen-bond donors (Lipinski definition) is 0. The van der Waals surface area contributed by atoms with Crippen LogP contribution in [0.5, 0.6) is 5.75 Å². The molecule has 0 fully saturated rings. The second-order valence-electron chi connectivity index (χ2n) is 6.12. The predicted molar refractivity (Wildman–Crippen MR) is 93.6 cm³/mol. The van der Waals surface area contributed by atoms with Crippen molar-refractivity contribution >= 4 is 27.4 Å². The van der Waals surface area contributed by atoms with Crippen LogP contribution in [0.3, 0.4) is 0 Å². The first-order valence-electron chi connectivity index (χ1n) is 8.04. The molecule has 0 atom stereocenters. The van der Waals surface area contributed by atoms with Crippen LogP contribution in [-0.2, 0) is 13.0 Å². The molecule has 0 bridgehead atoms. The molecule has 2 nitrogen and oxygen atoms in total. The zero-order chi connectivity index (χ0) is 15.3. The Hall–Kier alpha value is -2.22. The van der Waals surface area contributed by atoms with Crippen LogP contribution >= 0.6 is 0 Å². The van der Waals surface area contributed by atoms with Crippen molar-refractivity contribution in [2.45, 2.75) is 32.7 Å². The fourth-order valence-corrected chi connectivity index (χ4v) is 3.83. The van der Waals surface area contributed by atoms with Gasteiger partial charge in [-0.2, -0.15) is 0 Å². The molecule has 4 rings (SSSR count). The van der Waals surface area contributed by atoms with Crippen molar-refractivity contribution in [2.24, 2.45) is 0 Å². The van der Waals surface area contributed by atoms with Crippen LogP contribution in [0.2, 0.25) is 0 Å². The fraction of sp³-hybridized carbons (Fsp3) is 0.300. The van der Waals surface area contributed by atoms with Crippen molar-refractivity contribution in [3.05, 3.63) is 48.0 Å².